The Hall–Kier alpha value is -7.11. The summed E-state index contributed by atoms with van der Waals surface area (Å²) in [7, 11) is 0. The molecule has 0 radical (unpaired) electrons. The van der Waals surface area contributed by atoms with E-state index in [-0.39, 0.29) is 0 Å². The Morgan fingerprint density at radius 1 is 0.385 bits per heavy atom. The molecule has 11 aromatic rings. The lowest BCUT2D eigenvalue weighted by molar-refractivity contribution is 0.669. The summed E-state index contributed by atoms with van der Waals surface area (Å²) in [6, 6.07) is 59.2. The summed E-state index contributed by atoms with van der Waals surface area (Å²) >= 11 is 0. The van der Waals surface area contributed by atoms with Crippen molar-refractivity contribution < 1.29 is 4.42 Å². The van der Waals surface area contributed by atoms with Gasteiger partial charge in [-0.3, -0.25) is 0 Å². The first-order valence-electron chi connectivity index (χ1n) is 17.4. The van der Waals surface area contributed by atoms with Crippen molar-refractivity contribution in [3.05, 3.63) is 170 Å². The van der Waals surface area contributed by atoms with E-state index in [0.717, 1.165) is 60.7 Å². The highest BCUT2D eigenvalue weighted by atomic mass is 16.3. The van der Waals surface area contributed by atoms with Crippen LogP contribution in [0.1, 0.15) is 0 Å². The van der Waals surface area contributed by atoms with Gasteiger partial charge in [-0.15, -0.1) is 0 Å². The highest BCUT2D eigenvalue weighted by molar-refractivity contribution is 6.15. The Morgan fingerprint density at radius 3 is 1.92 bits per heavy atom. The SMILES string of the molecule is c1ccc(-c2nc(-c3ccc4ccccc4c3)nc(-c3cccc4oc5ccc(-n6c7ccccc7c7cc8ccccc8cc76)cc5c34)n2)cc1. The Balaban J connectivity index is 1.16. The molecule has 0 aliphatic carbocycles. The lowest BCUT2D eigenvalue weighted by atomic mass is 10.0. The minimum absolute atomic E-state index is 0.596. The molecule has 3 aromatic heterocycles. The van der Waals surface area contributed by atoms with Crippen LogP contribution in [0.3, 0.4) is 0 Å². The minimum Gasteiger partial charge on any atom is -0.456 e. The van der Waals surface area contributed by atoms with Crippen LogP contribution in [-0.2, 0) is 0 Å². The average Bonchev–Trinajstić information content (AvgIpc) is 3.75. The third-order valence-electron chi connectivity index (χ3n) is 10.2. The van der Waals surface area contributed by atoms with Crippen LogP contribution in [0.5, 0.6) is 0 Å². The molecule has 0 amide bonds. The van der Waals surface area contributed by atoms with Gasteiger partial charge in [-0.1, -0.05) is 121 Å². The fourth-order valence-electron chi connectivity index (χ4n) is 7.74. The van der Waals surface area contributed by atoms with E-state index in [4.69, 9.17) is 19.4 Å². The molecule has 0 bridgehead atoms. The molecule has 0 aliphatic rings. The fraction of sp³-hybridized carbons (Fsp3) is 0. The van der Waals surface area contributed by atoms with E-state index in [1.165, 1.54) is 26.9 Å². The smallest absolute Gasteiger partial charge is 0.164 e. The Morgan fingerprint density at radius 2 is 1.08 bits per heavy atom. The van der Waals surface area contributed by atoms with E-state index in [0.29, 0.717) is 17.5 Å². The average molecular weight is 665 g/mol. The van der Waals surface area contributed by atoms with E-state index in [2.05, 4.69) is 132 Å². The summed E-state index contributed by atoms with van der Waals surface area (Å²) in [5.74, 6) is 1.84. The molecule has 0 spiro atoms. The van der Waals surface area contributed by atoms with E-state index >= 15 is 0 Å². The van der Waals surface area contributed by atoms with Crippen molar-refractivity contribution in [1.82, 2.24) is 19.5 Å². The molecule has 3 heterocycles. The second-order valence-corrected chi connectivity index (χ2v) is 13.3. The van der Waals surface area contributed by atoms with E-state index in [1.807, 2.05) is 42.5 Å². The number of nitrogens with zero attached hydrogens (tertiary/aromatic N) is 4. The van der Waals surface area contributed by atoms with Gasteiger partial charge in [-0.25, -0.2) is 15.0 Å². The third kappa shape index (κ3) is 4.46. The number of para-hydroxylation sites is 1. The Kier molecular flexibility index (Phi) is 6.18. The first-order valence-corrected chi connectivity index (χ1v) is 17.4. The Labute approximate surface area is 298 Å². The van der Waals surface area contributed by atoms with Crippen molar-refractivity contribution >= 4 is 65.3 Å². The van der Waals surface area contributed by atoms with E-state index in [9.17, 15) is 0 Å². The molecular formula is C47H28N4O. The van der Waals surface area contributed by atoms with Crippen LogP contribution in [0.15, 0.2) is 174 Å². The van der Waals surface area contributed by atoms with Crippen LogP contribution < -0.4 is 0 Å². The zero-order valence-electron chi connectivity index (χ0n) is 27.9. The first-order chi connectivity index (χ1) is 25.7. The predicted octanol–water partition coefficient (Wildman–Crippen LogP) is 12.2. The molecular weight excluding hydrogens is 637 g/mol. The molecule has 5 nitrogen and oxygen atoms in total. The van der Waals surface area contributed by atoms with Crippen molar-refractivity contribution in [3.63, 3.8) is 0 Å². The molecule has 0 N–H and O–H groups in total. The van der Waals surface area contributed by atoms with E-state index < -0.39 is 0 Å². The third-order valence-corrected chi connectivity index (χ3v) is 10.2. The van der Waals surface area contributed by atoms with Crippen LogP contribution in [0.25, 0.3) is 105 Å². The zero-order chi connectivity index (χ0) is 34.2. The molecule has 0 aliphatic heterocycles. The normalized spacial score (nSPS) is 11.8. The molecule has 0 atom stereocenters. The van der Waals surface area contributed by atoms with Crippen LogP contribution >= 0.6 is 0 Å². The van der Waals surface area contributed by atoms with Crippen molar-refractivity contribution in [2.75, 3.05) is 0 Å². The number of fused-ring (bicyclic) bond motifs is 8. The minimum atomic E-state index is 0.596. The quantitative estimate of drug-likeness (QED) is 0.188. The predicted molar refractivity (Wildman–Crippen MR) is 213 cm³/mol. The summed E-state index contributed by atoms with van der Waals surface area (Å²) in [6.45, 7) is 0. The van der Waals surface area contributed by atoms with Gasteiger partial charge >= 0.3 is 0 Å². The molecule has 11 rings (SSSR count). The van der Waals surface area contributed by atoms with Gasteiger partial charge in [0.1, 0.15) is 11.2 Å². The van der Waals surface area contributed by atoms with Crippen molar-refractivity contribution in [1.29, 1.82) is 0 Å². The molecule has 0 saturated carbocycles. The summed E-state index contributed by atoms with van der Waals surface area (Å²) in [5.41, 5.74) is 7.73. The van der Waals surface area contributed by atoms with Gasteiger partial charge in [0.25, 0.3) is 0 Å². The van der Waals surface area contributed by atoms with Crippen LogP contribution in [0.4, 0.5) is 0 Å². The number of furan rings is 1. The molecule has 242 valence electrons. The second-order valence-electron chi connectivity index (χ2n) is 13.3. The lowest BCUT2D eigenvalue weighted by Crippen LogP contribution is -2.00. The number of hydrogen-bond donors (Lipinski definition) is 0. The summed E-state index contributed by atoms with van der Waals surface area (Å²) in [4.78, 5) is 15.3. The van der Waals surface area contributed by atoms with Gasteiger partial charge in [0.15, 0.2) is 17.5 Å². The number of aromatic nitrogens is 4. The zero-order valence-corrected chi connectivity index (χ0v) is 27.9. The molecule has 5 heteroatoms. The van der Waals surface area contributed by atoms with Gasteiger partial charge in [0, 0.05) is 43.9 Å². The van der Waals surface area contributed by atoms with Crippen molar-refractivity contribution in [2.45, 2.75) is 0 Å². The summed E-state index contributed by atoms with van der Waals surface area (Å²) in [6.07, 6.45) is 0. The molecule has 0 saturated heterocycles. The summed E-state index contributed by atoms with van der Waals surface area (Å²) in [5, 5.41) is 9.18. The maximum absolute atomic E-state index is 6.52. The van der Waals surface area contributed by atoms with Crippen LogP contribution in [0.2, 0.25) is 0 Å². The van der Waals surface area contributed by atoms with Crippen LogP contribution in [-0.4, -0.2) is 19.5 Å². The molecule has 8 aromatic carbocycles. The standard InChI is InChI=1S/C47H28N4O/c1-2-12-30(13-3-1)45-48-46(34-22-21-29-11-4-5-14-31(29)25-34)50-47(49-45)37-18-10-20-43-44(37)39-28-35(23-24-42(39)52-43)51-40-19-9-8-17-36(40)38-26-32-15-6-7-16-33(32)27-41(38)51/h1-28H. The number of hydrogen-bond acceptors (Lipinski definition) is 4. The summed E-state index contributed by atoms with van der Waals surface area (Å²) < 4.78 is 8.88. The number of rotatable bonds is 4. The highest BCUT2D eigenvalue weighted by Gasteiger charge is 2.20. The van der Waals surface area contributed by atoms with Crippen molar-refractivity contribution in [2.24, 2.45) is 0 Å². The molecule has 52 heavy (non-hydrogen) atoms. The van der Waals surface area contributed by atoms with E-state index in [1.54, 1.807) is 0 Å². The monoisotopic (exact) mass is 664 g/mol. The first kappa shape index (κ1) is 28.7. The van der Waals surface area contributed by atoms with Gasteiger partial charge in [-0.2, -0.15) is 0 Å². The van der Waals surface area contributed by atoms with Gasteiger partial charge in [0.2, 0.25) is 0 Å². The fourth-order valence-corrected chi connectivity index (χ4v) is 7.74. The molecule has 0 fully saturated rings. The maximum Gasteiger partial charge on any atom is 0.164 e. The lowest BCUT2D eigenvalue weighted by Gasteiger charge is -2.10. The second kappa shape index (κ2) is 11.2. The van der Waals surface area contributed by atoms with Gasteiger partial charge < -0.3 is 8.98 Å². The van der Waals surface area contributed by atoms with Gasteiger partial charge in [0.05, 0.1) is 11.0 Å². The maximum atomic E-state index is 6.52. The van der Waals surface area contributed by atoms with Crippen molar-refractivity contribution in [3.8, 4) is 39.9 Å². The van der Waals surface area contributed by atoms with Gasteiger partial charge in [-0.05, 0) is 70.1 Å². The topological polar surface area (TPSA) is 56.7 Å². The number of benzene rings is 8. The highest BCUT2D eigenvalue weighted by Crippen LogP contribution is 2.40. The Bertz CT molecular complexity index is 3190. The van der Waals surface area contributed by atoms with Crippen LogP contribution in [0, 0.1) is 0 Å². The largest absolute Gasteiger partial charge is 0.456 e. The molecule has 0 unspecified atom stereocenters.